The minimum absolute atomic E-state index is 0.212. The molecule has 1 aliphatic carbocycles. The van der Waals surface area contributed by atoms with Gasteiger partial charge in [-0.25, -0.2) is 4.68 Å². The minimum Gasteiger partial charge on any atom is -0.445 e. The first-order chi connectivity index (χ1) is 8.48. The summed E-state index contributed by atoms with van der Waals surface area (Å²) < 4.78 is 38.8. The van der Waals surface area contributed by atoms with E-state index in [1.165, 1.54) is 0 Å². The highest BCUT2D eigenvalue weighted by atomic mass is 32.2. The van der Waals surface area contributed by atoms with Gasteiger partial charge in [-0.3, -0.25) is 0 Å². The monoisotopic (exact) mass is 277 g/mol. The summed E-state index contributed by atoms with van der Waals surface area (Å²) >= 11 is 0.998. The maximum Gasteiger partial charge on any atom is 0.505 e. The van der Waals surface area contributed by atoms with Crippen molar-refractivity contribution >= 4 is 18.7 Å². The van der Waals surface area contributed by atoms with E-state index in [0.717, 1.165) is 37.4 Å². The van der Waals surface area contributed by atoms with Gasteiger partial charge < -0.3 is 12.9 Å². The van der Waals surface area contributed by atoms with Crippen molar-refractivity contribution in [3.05, 3.63) is 12.1 Å². The largest absolute Gasteiger partial charge is 0.505 e. The van der Waals surface area contributed by atoms with Crippen LogP contribution in [0.5, 0.6) is 0 Å². The van der Waals surface area contributed by atoms with E-state index in [0.29, 0.717) is 5.16 Å². The van der Waals surface area contributed by atoms with Crippen LogP contribution in [0.2, 0.25) is 0 Å². The molecule has 0 unspecified atom stereocenters. The van der Waals surface area contributed by atoms with E-state index in [1.807, 2.05) is 0 Å². The Morgan fingerprint density at radius 2 is 2.06 bits per heavy atom. The highest BCUT2D eigenvalue weighted by Crippen LogP contribution is 2.32. The maximum absolute atomic E-state index is 12.4. The zero-order chi connectivity index (χ0) is 13.2. The van der Waals surface area contributed by atoms with Gasteiger partial charge in [-0.05, 0) is 29.0 Å². The van der Waals surface area contributed by atoms with E-state index < -0.39 is 12.4 Å². The first-order valence-corrected chi connectivity index (χ1v) is 6.75. The molecule has 0 N–H and O–H groups in total. The molecule has 1 aromatic heterocycles. The molecule has 1 aromatic rings. The smallest absolute Gasteiger partial charge is 0.445 e. The van der Waals surface area contributed by atoms with Crippen LogP contribution in [-0.2, 0) is 0 Å². The molecule has 4 nitrogen and oxygen atoms in total. The second-order valence-corrected chi connectivity index (χ2v) is 5.31. The number of aromatic nitrogens is 4. The van der Waals surface area contributed by atoms with Crippen LogP contribution in [0.3, 0.4) is 0 Å². The molecule has 1 aliphatic rings. The Labute approximate surface area is 107 Å². The Hall–Kier alpha value is -0.985. The average Bonchev–Trinajstić information content (AvgIpc) is 2.94. The average molecular weight is 277 g/mol. The second kappa shape index (κ2) is 5.33. The van der Waals surface area contributed by atoms with Crippen molar-refractivity contribution in [3.8, 4) is 0 Å². The fraction of sp³-hybridized carbons (Fsp3) is 0.667. The molecule has 1 saturated carbocycles. The number of rotatable bonds is 5. The van der Waals surface area contributed by atoms with Gasteiger partial charge >= 0.3 is 6.98 Å². The summed E-state index contributed by atoms with van der Waals surface area (Å²) in [5.41, 5.74) is -0.707. The standard InChI is InChI=1S/C9H13BF3N4S/c1-7(10(11,12)13)6-18-9-14-15-16-17(9)8-4-2-3-5-8/h8H,1-6H2/q-1. The first kappa shape index (κ1) is 13.4. The molecule has 0 bridgehead atoms. The fourth-order valence-electron chi connectivity index (χ4n) is 1.91. The predicted octanol–water partition coefficient (Wildman–Crippen LogP) is 2.82. The molecule has 0 atom stereocenters. The van der Waals surface area contributed by atoms with Crippen molar-refractivity contribution in [2.45, 2.75) is 36.9 Å². The Morgan fingerprint density at radius 1 is 1.39 bits per heavy atom. The number of hydrogen-bond acceptors (Lipinski definition) is 4. The number of thioether (sulfide) groups is 1. The van der Waals surface area contributed by atoms with Crippen molar-refractivity contribution < 1.29 is 12.9 Å². The van der Waals surface area contributed by atoms with E-state index in [2.05, 4.69) is 22.1 Å². The van der Waals surface area contributed by atoms with E-state index in [-0.39, 0.29) is 11.8 Å². The minimum atomic E-state index is -4.97. The molecule has 18 heavy (non-hydrogen) atoms. The normalized spacial score (nSPS) is 17.3. The van der Waals surface area contributed by atoms with Crippen LogP contribution in [0.25, 0.3) is 0 Å². The van der Waals surface area contributed by atoms with Crippen LogP contribution in [0.4, 0.5) is 12.9 Å². The van der Waals surface area contributed by atoms with E-state index in [4.69, 9.17) is 0 Å². The van der Waals surface area contributed by atoms with Crippen LogP contribution < -0.4 is 0 Å². The first-order valence-electron chi connectivity index (χ1n) is 5.77. The predicted molar refractivity (Wildman–Crippen MR) is 64.3 cm³/mol. The lowest BCUT2D eigenvalue weighted by Gasteiger charge is -2.17. The Kier molecular flexibility index (Phi) is 3.99. The SMILES string of the molecule is C=C(CSc1nnnn1C1CCCC1)[B-](F)(F)F. The summed E-state index contributed by atoms with van der Waals surface area (Å²) in [6.07, 6.45) is 4.21. The van der Waals surface area contributed by atoms with Gasteiger partial charge in [0.25, 0.3) is 0 Å². The molecular formula is C9H13BF3N4S-. The molecule has 2 rings (SSSR count). The van der Waals surface area contributed by atoms with Gasteiger partial charge in [-0.1, -0.05) is 24.6 Å². The topological polar surface area (TPSA) is 43.6 Å². The summed E-state index contributed by atoms with van der Waals surface area (Å²) in [6, 6.07) is 0.229. The van der Waals surface area contributed by atoms with Crippen LogP contribution in [0.15, 0.2) is 17.2 Å². The summed E-state index contributed by atoms with van der Waals surface area (Å²) in [4.78, 5) is 0. The second-order valence-electron chi connectivity index (χ2n) is 4.37. The third kappa shape index (κ3) is 3.07. The van der Waals surface area contributed by atoms with Crippen molar-refractivity contribution in [2.75, 3.05) is 5.75 Å². The molecular weight excluding hydrogens is 264 g/mol. The van der Waals surface area contributed by atoms with Crippen molar-refractivity contribution in [2.24, 2.45) is 0 Å². The molecule has 0 aliphatic heterocycles. The van der Waals surface area contributed by atoms with Gasteiger partial charge in [0.1, 0.15) is 0 Å². The van der Waals surface area contributed by atoms with E-state index >= 15 is 0 Å². The van der Waals surface area contributed by atoms with Crippen molar-refractivity contribution in [1.29, 1.82) is 0 Å². The third-order valence-corrected chi connectivity index (χ3v) is 4.02. The van der Waals surface area contributed by atoms with Gasteiger partial charge in [0, 0.05) is 0 Å². The van der Waals surface area contributed by atoms with Gasteiger partial charge in [0.2, 0.25) is 5.16 Å². The number of halogens is 3. The molecule has 1 heterocycles. The molecule has 100 valence electrons. The summed E-state index contributed by atoms with van der Waals surface area (Å²) in [5.74, 6) is -0.212. The van der Waals surface area contributed by atoms with Gasteiger partial charge in [-0.2, -0.15) is 0 Å². The summed E-state index contributed by atoms with van der Waals surface area (Å²) in [7, 11) is 0. The van der Waals surface area contributed by atoms with Gasteiger partial charge in [-0.15, -0.1) is 17.2 Å². The zero-order valence-electron chi connectivity index (χ0n) is 9.73. The van der Waals surface area contributed by atoms with Crippen molar-refractivity contribution in [3.63, 3.8) is 0 Å². The molecule has 0 aromatic carbocycles. The quantitative estimate of drug-likeness (QED) is 0.613. The fourth-order valence-corrected chi connectivity index (χ4v) is 2.83. The molecule has 0 saturated heterocycles. The zero-order valence-corrected chi connectivity index (χ0v) is 10.5. The third-order valence-electron chi connectivity index (χ3n) is 2.98. The Morgan fingerprint density at radius 3 is 2.67 bits per heavy atom. The number of nitrogens with zero attached hydrogens (tertiary/aromatic N) is 4. The highest BCUT2D eigenvalue weighted by Gasteiger charge is 2.27. The van der Waals surface area contributed by atoms with Gasteiger partial charge in [0.05, 0.1) is 6.04 Å². The molecule has 0 amide bonds. The lowest BCUT2D eigenvalue weighted by molar-refractivity contribution is 0.423. The summed E-state index contributed by atoms with van der Waals surface area (Å²) in [5, 5.41) is 11.6. The van der Waals surface area contributed by atoms with E-state index in [9.17, 15) is 12.9 Å². The van der Waals surface area contributed by atoms with Crippen LogP contribution in [0.1, 0.15) is 31.7 Å². The molecule has 9 heteroatoms. The van der Waals surface area contributed by atoms with Crippen LogP contribution >= 0.6 is 11.8 Å². The molecule has 1 fully saturated rings. The van der Waals surface area contributed by atoms with Crippen LogP contribution in [-0.4, -0.2) is 32.9 Å². The van der Waals surface area contributed by atoms with Gasteiger partial charge in [0.15, 0.2) is 0 Å². The molecule has 0 radical (unpaired) electrons. The molecule has 0 spiro atoms. The number of hydrogen-bond donors (Lipinski definition) is 0. The van der Waals surface area contributed by atoms with E-state index in [1.54, 1.807) is 4.68 Å². The number of tetrazole rings is 1. The Bertz CT molecular complexity index is 428. The lowest BCUT2D eigenvalue weighted by atomic mass is 9.82. The summed E-state index contributed by atoms with van der Waals surface area (Å²) in [6.45, 7) is -1.92. The Balaban J connectivity index is 1.98. The highest BCUT2D eigenvalue weighted by molar-refractivity contribution is 7.99. The van der Waals surface area contributed by atoms with Crippen molar-refractivity contribution in [1.82, 2.24) is 20.2 Å². The maximum atomic E-state index is 12.4. The van der Waals surface area contributed by atoms with Crippen LogP contribution in [0, 0.1) is 0 Å². The lowest BCUT2D eigenvalue weighted by Crippen LogP contribution is -2.20.